The van der Waals surface area contributed by atoms with Gasteiger partial charge < -0.3 is 19.5 Å². The van der Waals surface area contributed by atoms with Gasteiger partial charge in [0.25, 0.3) is 15.9 Å². The molecule has 0 heterocycles. The van der Waals surface area contributed by atoms with Gasteiger partial charge in [-0.15, -0.1) is 0 Å². The van der Waals surface area contributed by atoms with Crippen LogP contribution in [0.5, 0.6) is 17.2 Å². The fourth-order valence-electron chi connectivity index (χ4n) is 2.78. The summed E-state index contributed by atoms with van der Waals surface area (Å²) in [6, 6.07) is 17.2. The predicted octanol–water partition coefficient (Wildman–Crippen LogP) is 3.77. The van der Waals surface area contributed by atoms with Gasteiger partial charge in [-0.1, -0.05) is 0 Å². The van der Waals surface area contributed by atoms with Crippen molar-refractivity contribution in [3.63, 3.8) is 0 Å². The summed E-state index contributed by atoms with van der Waals surface area (Å²) in [6.45, 7) is 0. The zero-order valence-electron chi connectivity index (χ0n) is 17.2. The number of carbonyl (C=O) groups is 1. The zero-order valence-corrected chi connectivity index (χ0v) is 18.0. The number of sulfonamides is 1. The van der Waals surface area contributed by atoms with Crippen molar-refractivity contribution >= 4 is 27.3 Å². The normalized spacial score (nSPS) is 10.8. The molecule has 0 bridgehead atoms. The lowest BCUT2D eigenvalue weighted by molar-refractivity contribution is 0.102. The molecule has 3 rings (SSSR count). The van der Waals surface area contributed by atoms with Gasteiger partial charge in [0, 0.05) is 23.0 Å². The first-order chi connectivity index (χ1) is 14.9. The molecule has 0 saturated heterocycles. The number of hydrogen-bond acceptors (Lipinski definition) is 6. The van der Waals surface area contributed by atoms with E-state index in [0.29, 0.717) is 34.2 Å². The molecular formula is C22H22N2O6S. The van der Waals surface area contributed by atoms with E-state index in [1.807, 2.05) is 0 Å². The molecule has 0 aliphatic rings. The number of anilines is 2. The van der Waals surface area contributed by atoms with Crippen LogP contribution in [0.2, 0.25) is 0 Å². The van der Waals surface area contributed by atoms with Gasteiger partial charge in [0.1, 0.15) is 5.75 Å². The van der Waals surface area contributed by atoms with E-state index in [2.05, 4.69) is 10.0 Å². The molecule has 8 nitrogen and oxygen atoms in total. The van der Waals surface area contributed by atoms with Crippen molar-refractivity contribution in [3.8, 4) is 17.2 Å². The number of ether oxygens (including phenoxy) is 3. The van der Waals surface area contributed by atoms with Gasteiger partial charge in [0.15, 0.2) is 11.5 Å². The highest BCUT2D eigenvalue weighted by atomic mass is 32.2. The lowest BCUT2D eigenvalue weighted by Crippen LogP contribution is -2.14. The fraction of sp³-hybridized carbons (Fsp3) is 0.136. The molecule has 9 heteroatoms. The van der Waals surface area contributed by atoms with Gasteiger partial charge in [-0.3, -0.25) is 9.52 Å². The number of benzene rings is 3. The molecule has 2 N–H and O–H groups in total. The van der Waals surface area contributed by atoms with Crippen molar-refractivity contribution < 1.29 is 27.4 Å². The molecule has 0 aliphatic heterocycles. The first-order valence-corrected chi connectivity index (χ1v) is 10.6. The van der Waals surface area contributed by atoms with E-state index in [1.165, 1.54) is 57.7 Å². The third kappa shape index (κ3) is 5.26. The molecule has 0 aromatic heterocycles. The Morgan fingerprint density at radius 3 is 1.94 bits per heavy atom. The minimum atomic E-state index is -3.77. The number of nitrogens with one attached hydrogen (secondary N) is 2. The van der Waals surface area contributed by atoms with Crippen LogP contribution in [0.1, 0.15) is 10.4 Å². The first-order valence-electron chi connectivity index (χ1n) is 9.16. The standard InChI is InChI=1S/C22H22N2O6S/c1-28-18-9-11-19(12-10-18)31(26,27)24-16-6-4-15(5-7-16)22(25)23-17-8-13-20(29-2)21(14-17)30-3/h4-14,24H,1-3H3,(H,23,25). The summed E-state index contributed by atoms with van der Waals surface area (Å²) in [6.07, 6.45) is 0. The molecule has 0 saturated carbocycles. The van der Waals surface area contributed by atoms with Crippen LogP contribution >= 0.6 is 0 Å². The second-order valence-electron chi connectivity index (χ2n) is 6.38. The molecule has 0 fully saturated rings. The van der Waals surface area contributed by atoms with Gasteiger partial charge in [0.05, 0.1) is 26.2 Å². The van der Waals surface area contributed by atoms with E-state index in [9.17, 15) is 13.2 Å². The summed E-state index contributed by atoms with van der Waals surface area (Å²) >= 11 is 0. The van der Waals surface area contributed by atoms with Crippen LogP contribution in [0.3, 0.4) is 0 Å². The Morgan fingerprint density at radius 1 is 0.742 bits per heavy atom. The summed E-state index contributed by atoms with van der Waals surface area (Å²) in [5, 5.41) is 2.76. The van der Waals surface area contributed by atoms with Gasteiger partial charge in [-0.25, -0.2) is 8.42 Å². The zero-order chi connectivity index (χ0) is 22.4. The van der Waals surface area contributed by atoms with Crippen LogP contribution in [0.4, 0.5) is 11.4 Å². The highest BCUT2D eigenvalue weighted by Gasteiger charge is 2.15. The lowest BCUT2D eigenvalue weighted by Gasteiger charge is -2.11. The monoisotopic (exact) mass is 442 g/mol. The molecule has 3 aromatic rings. The number of methoxy groups -OCH3 is 3. The Bertz CT molecular complexity index is 1160. The molecule has 1 amide bonds. The Labute approximate surface area is 180 Å². The number of hydrogen-bond donors (Lipinski definition) is 2. The lowest BCUT2D eigenvalue weighted by atomic mass is 10.2. The van der Waals surface area contributed by atoms with Crippen LogP contribution in [0.25, 0.3) is 0 Å². The summed E-state index contributed by atoms with van der Waals surface area (Å²) in [5.41, 5.74) is 1.23. The second-order valence-corrected chi connectivity index (χ2v) is 8.06. The highest BCUT2D eigenvalue weighted by Crippen LogP contribution is 2.30. The van der Waals surface area contributed by atoms with E-state index in [0.717, 1.165) is 0 Å². The van der Waals surface area contributed by atoms with Crippen molar-refractivity contribution in [2.45, 2.75) is 4.90 Å². The van der Waals surface area contributed by atoms with Crippen LogP contribution in [-0.4, -0.2) is 35.7 Å². The largest absolute Gasteiger partial charge is 0.497 e. The Hall–Kier alpha value is -3.72. The number of amides is 1. The maximum Gasteiger partial charge on any atom is 0.261 e. The number of carbonyl (C=O) groups excluding carboxylic acids is 1. The SMILES string of the molecule is COc1ccc(S(=O)(=O)Nc2ccc(C(=O)Nc3ccc(OC)c(OC)c3)cc2)cc1. The highest BCUT2D eigenvalue weighted by molar-refractivity contribution is 7.92. The molecule has 162 valence electrons. The Morgan fingerprint density at radius 2 is 1.35 bits per heavy atom. The van der Waals surface area contributed by atoms with Crippen molar-refractivity contribution in [2.75, 3.05) is 31.4 Å². The number of rotatable bonds is 8. The van der Waals surface area contributed by atoms with Crippen molar-refractivity contribution in [1.82, 2.24) is 0 Å². The minimum absolute atomic E-state index is 0.101. The van der Waals surface area contributed by atoms with Crippen LogP contribution in [0.15, 0.2) is 71.6 Å². The topological polar surface area (TPSA) is 103 Å². The van der Waals surface area contributed by atoms with Gasteiger partial charge >= 0.3 is 0 Å². The summed E-state index contributed by atoms with van der Waals surface area (Å²) < 4.78 is 43.0. The quantitative estimate of drug-likeness (QED) is 0.551. The van der Waals surface area contributed by atoms with E-state index in [1.54, 1.807) is 30.3 Å². The van der Waals surface area contributed by atoms with Crippen molar-refractivity contribution in [2.24, 2.45) is 0 Å². The molecular weight excluding hydrogens is 420 g/mol. The maximum absolute atomic E-state index is 12.5. The van der Waals surface area contributed by atoms with Crippen LogP contribution in [-0.2, 0) is 10.0 Å². The van der Waals surface area contributed by atoms with Crippen LogP contribution < -0.4 is 24.2 Å². The van der Waals surface area contributed by atoms with Crippen molar-refractivity contribution in [1.29, 1.82) is 0 Å². The van der Waals surface area contributed by atoms with Crippen molar-refractivity contribution in [3.05, 3.63) is 72.3 Å². The third-order valence-electron chi connectivity index (χ3n) is 4.41. The molecule has 0 aliphatic carbocycles. The Balaban J connectivity index is 1.70. The molecule has 3 aromatic carbocycles. The predicted molar refractivity (Wildman–Crippen MR) is 118 cm³/mol. The molecule has 0 unspecified atom stereocenters. The fourth-order valence-corrected chi connectivity index (χ4v) is 3.83. The summed E-state index contributed by atoms with van der Waals surface area (Å²) in [7, 11) is 0.776. The van der Waals surface area contributed by atoms with E-state index >= 15 is 0 Å². The third-order valence-corrected chi connectivity index (χ3v) is 5.81. The first kappa shape index (κ1) is 22.0. The minimum Gasteiger partial charge on any atom is -0.497 e. The summed E-state index contributed by atoms with van der Waals surface area (Å²) in [4.78, 5) is 12.6. The van der Waals surface area contributed by atoms with Crippen LogP contribution in [0, 0.1) is 0 Å². The van der Waals surface area contributed by atoms with Gasteiger partial charge in [0.2, 0.25) is 0 Å². The molecule has 0 spiro atoms. The average molecular weight is 442 g/mol. The summed E-state index contributed by atoms with van der Waals surface area (Å²) in [5.74, 6) is 1.25. The average Bonchev–Trinajstić information content (AvgIpc) is 2.79. The van der Waals surface area contributed by atoms with Gasteiger partial charge in [-0.05, 0) is 60.7 Å². The Kier molecular flexibility index (Phi) is 6.66. The maximum atomic E-state index is 12.5. The van der Waals surface area contributed by atoms with E-state index in [4.69, 9.17) is 14.2 Å². The molecule has 31 heavy (non-hydrogen) atoms. The van der Waals surface area contributed by atoms with Gasteiger partial charge in [-0.2, -0.15) is 0 Å². The molecule has 0 atom stereocenters. The second kappa shape index (κ2) is 9.40. The smallest absolute Gasteiger partial charge is 0.261 e. The van der Waals surface area contributed by atoms with E-state index in [-0.39, 0.29) is 10.8 Å². The molecule has 0 radical (unpaired) electrons. The van der Waals surface area contributed by atoms with E-state index < -0.39 is 10.0 Å².